The lowest BCUT2D eigenvalue weighted by molar-refractivity contribution is -0.141. The first-order chi connectivity index (χ1) is 35.4. The molecule has 0 aliphatic carbocycles. The number of piperazine rings is 4. The Hall–Kier alpha value is -6.53. The zero-order valence-electron chi connectivity index (χ0n) is 43.4. The third-order valence-corrected chi connectivity index (χ3v) is 13.3. The van der Waals surface area contributed by atoms with Crippen LogP contribution in [0.3, 0.4) is 0 Å². The van der Waals surface area contributed by atoms with Gasteiger partial charge in [0.15, 0.2) is 0 Å². The van der Waals surface area contributed by atoms with E-state index in [2.05, 4.69) is 15.1 Å². The number of anilines is 2. The van der Waals surface area contributed by atoms with Gasteiger partial charge >= 0.3 is 12.2 Å². The molecular formula is C56H66Cl2F2N8O7. The zero-order valence-corrected chi connectivity index (χ0v) is 44.9. The second kappa shape index (κ2) is 24.0. The van der Waals surface area contributed by atoms with Gasteiger partial charge in [0.1, 0.15) is 22.8 Å². The minimum atomic E-state index is -0.624. The summed E-state index contributed by atoms with van der Waals surface area (Å²) in [6, 6.07) is 22.1. The third kappa shape index (κ3) is 15.8. The molecule has 4 aromatic carbocycles. The molecule has 4 aliphatic rings. The number of carbonyl (C=O) groups is 5. The standard InChI is InChI=1S/C29H34ClFN4O4.C27H32ClFN4O3/c1-19(36)32-26-13-22(30)9-7-21(26)8-12-27(37)35-24-15-33(14-20-5-10-23(31)11-6-20)16-25(35)18-34(17-24)28(38)39-29(2,3)4;1-27(2,3)36-26(35)32-16-22-14-31(13-18-4-9-21(29)10-5-18)15-23(17-32)33(22)25(34)11-7-19-6-8-20(28)12-24(19)30/h5-13,24-25H,14-18H2,1-4H3,(H,32,36);4-12,22-23H,13-17,30H2,1-3H3/b12-8+;11-7+. The second-order valence-corrected chi connectivity index (χ2v) is 22.2. The molecule has 4 unspecified atom stereocenters. The van der Waals surface area contributed by atoms with Crippen molar-refractivity contribution >= 4 is 76.6 Å². The maximum Gasteiger partial charge on any atom is 0.410 e. The first kappa shape index (κ1) is 56.2. The molecule has 19 heteroatoms. The van der Waals surface area contributed by atoms with E-state index in [-0.39, 0.29) is 59.6 Å². The predicted octanol–water partition coefficient (Wildman–Crippen LogP) is 9.19. The lowest BCUT2D eigenvalue weighted by Crippen LogP contribution is -2.70. The Balaban J connectivity index is 0.000000219. The van der Waals surface area contributed by atoms with Gasteiger partial charge in [-0.1, -0.05) is 59.6 Å². The lowest BCUT2D eigenvalue weighted by Gasteiger charge is -2.52. The van der Waals surface area contributed by atoms with Crippen LogP contribution in [-0.2, 0) is 36.9 Å². The number of rotatable bonds is 9. The molecule has 0 radical (unpaired) electrons. The number of benzene rings is 4. The van der Waals surface area contributed by atoms with Gasteiger partial charge in [-0.15, -0.1) is 0 Å². The number of nitrogen functional groups attached to an aromatic ring is 1. The van der Waals surface area contributed by atoms with Crippen molar-refractivity contribution < 1.29 is 42.2 Å². The number of amides is 5. The minimum absolute atomic E-state index is 0.135. The minimum Gasteiger partial charge on any atom is -0.444 e. The summed E-state index contributed by atoms with van der Waals surface area (Å²) in [5.74, 6) is -1.11. The summed E-state index contributed by atoms with van der Waals surface area (Å²) >= 11 is 12.1. The summed E-state index contributed by atoms with van der Waals surface area (Å²) in [4.78, 5) is 75.8. The molecule has 0 saturated carbocycles. The normalized spacial score (nSPS) is 20.1. The zero-order chi connectivity index (χ0) is 54.4. The van der Waals surface area contributed by atoms with E-state index in [0.29, 0.717) is 98.0 Å². The number of carbonyl (C=O) groups excluding carboxylic acids is 5. The molecule has 3 N–H and O–H groups in total. The van der Waals surface area contributed by atoms with E-state index in [1.165, 1.54) is 43.3 Å². The van der Waals surface area contributed by atoms with Crippen molar-refractivity contribution in [3.05, 3.63) is 141 Å². The molecule has 400 valence electrons. The van der Waals surface area contributed by atoms with Crippen molar-refractivity contribution in [3.8, 4) is 0 Å². The molecule has 75 heavy (non-hydrogen) atoms. The van der Waals surface area contributed by atoms with E-state index in [9.17, 15) is 32.8 Å². The van der Waals surface area contributed by atoms with Crippen LogP contribution in [0.4, 0.5) is 29.7 Å². The molecule has 4 aliphatic heterocycles. The Kier molecular flexibility index (Phi) is 18.0. The van der Waals surface area contributed by atoms with Crippen molar-refractivity contribution in [2.24, 2.45) is 0 Å². The van der Waals surface area contributed by atoms with Crippen LogP contribution in [-0.4, -0.2) is 147 Å². The smallest absolute Gasteiger partial charge is 0.410 e. The topological polar surface area (TPSA) is 161 Å². The molecule has 4 bridgehead atoms. The Morgan fingerprint density at radius 3 is 1.33 bits per heavy atom. The highest BCUT2D eigenvalue weighted by Crippen LogP contribution is 2.30. The highest BCUT2D eigenvalue weighted by atomic mass is 35.5. The molecule has 4 atom stereocenters. The van der Waals surface area contributed by atoms with Crippen LogP contribution in [0.2, 0.25) is 10.0 Å². The van der Waals surface area contributed by atoms with E-state index in [1.54, 1.807) is 82.6 Å². The fourth-order valence-electron chi connectivity index (χ4n) is 9.83. The summed E-state index contributed by atoms with van der Waals surface area (Å²) in [7, 11) is 0. The van der Waals surface area contributed by atoms with Crippen molar-refractivity contribution in [3.63, 3.8) is 0 Å². The van der Waals surface area contributed by atoms with E-state index in [4.69, 9.17) is 38.4 Å². The molecule has 0 spiro atoms. The number of nitrogens with two attached hydrogens (primary N) is 1. The number of hydrogen-bond acceptors (Lipinski definition) is 10. The lowest BCUT2D eigenvalue weighted by atomic mass is 9.99. The van der Waals surface area contributed by atoms with Crippen molar-refractivity contribution in [2.45, 2.75) is 96.9 Å². The van der Waals surface area contributed by atoms with Gasteiger partial charge in [0.05, 0.1) is 24.2 Å². The van der Waals surface area contributed by atoms with Crippen LogP contribution >= 0.6 is 23.2 Å². The van der Waals surface area contributed by atoms with Crippen LogP contribution in [0, 0.1) is 11.6 Å². The summed E-state index contributed by atoms with van der Waals surface area (Å²) in [5, 5.41) is 3.74. The summed E-state index contributed by atoms with van der Waals surface area (Å²) in [6.07, 6.45) is 5.61. The molecule has 5 amide bonds. The van der Waals surface area contributed by atoms with Crippen LogP contribution < -0.4 is 11.1 Å². The molecule has 15 nitrogen and oxygen atoms in total. The fourth-order valence-corrected chi connectivity index (χ4v) is 10.2. The third-order valence-electron chi connectivity index (χ3n) is 12.8. The summed E-state index contributed by atoms with van der Waals surface area (Å²) in [5.41, 5.74) is 9.15. The molecule has 0 aromatic heterocycles. The molecule has 4 heterocycles. The monoisotopic (exact) mass is 1070 g/mol. The van der Waals surface area contributed by atoms with Crippen molar-refractivity contribution in [1.29, 1.82) is 0 Å². The van der Waals surface area contributed by atoms with Gasteiger partial charge in [0.25, 0.3) is 0 Å². The largest absolute Gasteiger partial charge is 0.444 e. The Labute approximate surface area is 447 Å². The number of ether oxygens (including phenoxy) is 2. The Morgan fingerprint density at radius 1 is 0.587 bits per heavy atom. The van der Waals surface area contributed by atoms with E-state index < -0.39 is 17.3 Å². The van der Waals surface area contributed by atoms with E-state index >= 15 is 0 Å². The van der Waals surface area contributed by atoms with Crippen molar-refractivity contribution in [1.82, 2.24) is 29.4 Å². The van der Waals surface area contributed by atoms with Gasteiger partial charge in [-0.05, 0) is 124 Å². The number of hydrogen-bond donors (Lipinski definition) is 2. The number of nitrogens with zero attached hydrogens (tertiary/aromatic N) is 6. The Morgan fingerprint density at radius 2 is 0.960 bits per heavy atom. The van der Waals surface area contributed by atoms with Gasteiger partial charge in [0, 0.05) is 106 Å². The average Bonchev–Trinajstić information content (AvgIpc) is 3.30. The molecule has 4 fully saturated rings. The number of fused-ring (bicyclic) bond motifs is 4. The number of nitrogens with one attached hydrogen (secondary N) is 1. The van der Waals surface area contributed by atoms with Gasteiger partial charge < -0.3 is 40.1 Å². The van der Waals surface area contributed by atoms with Gasteiger partial charge in [-0.2, -0.15) is 0 Å². The van der Waals surface area contributed by atoms with Gasteiger partial charge in [0.2, 0.25) is 17.7 Å². The second-order valence-electron chi connectivity index (χ2n) is 21.4. The van der Waals surface area contributed by atoms with Crippen LogP contribution in [0.25, 0.3) is 12.2 Å². The summed E-state index contributed by atoms with van der Waals surface area (Å²) < 4.78 is 37.9. The molecular weight excluding hydrogens is 1010 g/mol. The van der Waals surface area contributed by atoms with Crippen molar-refractivity contribution in [2.75, 3.05) is 63.4 Å². The van der Waals surface area contributed by atoms with E-state index in [0.717, 1.165) is 11.1 Å². The van der Waals surface area contributed by atoms with Crippen LogP contribution in [0.1, 0.15) is 70.7 Å². The highest BCUT2D eigenvalue weighted by Gasteiger charge is 2.46. The van der Waals surface area contributed by atoms with E-state index in [1.807, 2.05) is 51.3 Å². The first-order valence-electron chi connectivity index (χ1n) is 24.9. The Bertz CT molecular complexity index is 2750. The first-order valence-corrected chi connectivity index (χ1v) is 25.6. The molecule has 8 rings (SSSR count). The van der Waals surface area contributed by atoms with Gasteiger partial charge in [-0.3, -0.25) is 24.2 Å². The highest BCUT2D eigenvalue weighted by molar-refractivity contribution is 6.31. The average molecular weight is 1070 g/mol. The maximum atomic E-state index is 13.5. The molecule has 4 aromatic rings. The fraction of sp³-hybridized carbons (Fsp3) is 0.411. The number of halogens is 4. The molecule has 4 saturated heterocycles. The quantitative estimate of drug-likeness (QED) is 0.122. The van der Waals surface area contributed by atoms with Gasteiger partial charge in [-0.25, -0.2) is 18.4 Å². The van der Waals surface area contributed by atoms with Crippen LogP contribution in [0.15, 0.2) is 97.1 Å². The summed E-state index contributed by atoms with van der Waals surface area (Å²) in [6.45, 7) is 17.3. The SMILES string of the molecule is CC(=O)Nc1cc(Cl)ccc1/C=C/C(=O)N1C2CN(Cc3ccc(F)cc3)CC1CN(C(=O)OC(C)(C)C)C2.CC(C)(C)OC(=O)N1CC2CN(Cc3ccc(F)cc3)CC(C1)N2C(=O)/C=C/c1ccc(Cl)cc1N. The van der Waals surface area contributed by atoms with Crippen LogP contribution in [0.5, 0.6) is 0 Å². The maximum absolute atomic E-state index is 13.5. The predicted molar refractivity (Wildman–Crippen MR) is 288 cm³/mol.